The van der Waals surface area contributed by atoms with Crippen molar-refractivity contribution in [2.24, 2.45) is 0 Å². The minimum atomic E-state index is -0.985. The number of nitriles is 1. The summed E-state index contributed by atoms with van der Waals surface area (Å²) in [4.78, 5) is 10.8. The van der Waals surface area contributed by atoms with Gasteiger partial charge in [0.05, 0.1) is 0 Å². The Hall–Kier alpha value is -1.73. The van der Waals surface area contributed by atoms with Gasteiger partial charge in [0.25, 0.3) is 0 Å². The predicted molar refractivity (Wildman–Crippen MR) is 60.1 cm³/mol. The van der Waals surface area contributed by atoms with Gasteiger partial charge in [0.15, 0.2) is 0 Å². The lowest BCUT2D eigenvalue weighted by Gasteiger charge is -1.98. The first-order valence-electron chi connectivity index (χ1n) is 4.24. The SMILES string of the molecule is N#CSCC(=Cc1ccccc1)C(=O)O. The molecule has 1 aromatic rings. The Labute approximate surface area is 92.0 Å². The van der Waals surface area contributed by atoms with Crippen LogP contribution >= 0.6 is 11.8 Å². The van der Waals surface area contributed by atoms with Gasteiger partial charge in [-0.2, -0.15) is 5.26 Å². The molecule has 1 rings (SSSR count). The third-order valence-corrected chi connectivity index (χ3v) is 2.29. The average molecular weight is 219 g/mol. The summed E-state index contributed by atoms with van der Waals surface area (Å²) in [6.07, 6.45) is 1.58. The van der Waals surface area contributed by atoms with Crippen molar-refractivity contribution in [3.63, 3.8) is 0 Å². The molecule has 0 saturated heterocycles. The van der Waals surface area contributed by atoms with Gasteiger partial charge in [-0.25, -0.2) is 4.79 Å². The molecule has 0 atom stereocenters. The summed E-state index contributed by atoms with van der Waals surface area (Å²) in [6, 6.07) is 9.17. The van der Waals surface area contributed by atoms with E-state index in [1.165, 1.54) is 0 Å². The number of carboxylic acids is 1. The standard InChI is InChI=1S/C11H9NO2S/c12-8-15-7-10(11(13)14)6-9-4-2-1-3-5-9/h1-6H,7H2,(H,13,14). The largest absolute Gasteiger partial charge is 0.478 e. The van der Waals surface area contributed by atoms with Gasteiger partial charge in [0.1, 0.15) is 5.40 Å². The van der Waals surface area contributed by atoms with E-state index >= 15 is 0 Å². The molecule has 0 aliphatic carbocycles. The molecular weight excluding hydrogens is 210 g/mol. The van der Waals surface area contributed by atoms with Gasteiger partial charge in [-0.15, -0.1) is 0 Å². The molecule has 0 radical (unpaired) electrons. The second kappa shape index (κ2) is 5.89. The van der Waals surface area contributed by atoms with Gasteiger partial charge in [-0.3, -0.25) is 0 Å². The molecule has 1 N–H and O–H groups in total. The Morgan fingerprint density at radius 1 is 1.47 bits per heavy atom. The molecule has 0 aromatic heterocycles. The van der Waals surface area contributed by atoms with Crippen LogP contribution in [0.25, 0.3) is 6.08 Å². The lowest BCUT2D eigenvalue weighted by molar-refractivity contribution is -0.132. The number of rotatable bonds is 4. The molecule has 0 fully saturated rings. The highest BCUT2D eigenvalue weighted by atomic mass is 32.2. The van der Waals surface area contributed by atoms with Gasteiger partial charge in [0, 0.05) is 11.3 Å². The summed E-state index contributed by atoms with van der Waals surface area (Å²) in [5, 5.41) is 19.1. The highest BCUT2D eigenvalue weighted by Gasteiger charge is 2.06. The van der Waals surface area contributed by atoms with Crippen molar-refractivity contribution in [2.45, 2.75) is 0 Å². The fourth-order valence-electron chi connectivity index (χ4n) is 1.03. The number of carboxylic acid groups (broad SMARTS) is 1. The number of aliphatic carboxylic acids is 1. The second-order valence-corrected chi connectivity index (χ2v) is 3.53. The Balaban J connectivity index is 2.85. The van der Waals surface area contributed by atoms with Crippen LogP contribution in [0, 0.1) is 10.7 Å². The van der Waals surface area contributed by atoms with E-state index in [2.05, 4.69) is 0 Å². The van der Waals surface area contributed by atoms with Crippen LogP contribution in [0.15, 0.2) is 35.9 Å². The molecule has 0 amide bonds. The molecule has 0 aliphatic heterocycles. The van der Waals surface area contributed by atoms with Gasteiger partial charge >= 0.3 is 5.97 Å². The Bertz CT molecular complexity index is 406. The van der Waals surface area contributed by atoms with E-state index in [4.69, 9.17) is 10.4 Å². The van der Waals surface area contributed by atoms with Crippen molar-refractivity contribution < 1.29 is 9.90 Å². The number of benzene rings is 1. The zero-order valence-corrected chi connectivity index (χ0v) is 8.70. The third-order valence-electron chi connectivity index (χ3n) is 1.71. The lowest BCUT2D eigenvalue weighted by atomic mass is 10.1. The zero-order valence-electron chi connectivity index (χ0n) is 7.88. The fraction of sp³-hybridized carbons (Fsp3) is 0.0909. The first-order chi connectivity index (χ1) is 7.24. The van der Waals surface area contributed by atoms with Crippen LogP contribution in [0.1, 0.15) is 5.56 Å². The van der Waals surface area contributed by atoms with Crippen LogP contribution in [-0.4, -0.2) is 16.8 Å². The van der Waals surface area contributed by atoms with Gasteiger partial charge < -0.3 is 5.11 Å². The van der Waals surface area contributed by atoms with Crippen LogP contribution in [0.5, 0.6) is 0 Å². The minimum Gasteiger partial charge on any atom is -0.478 e. The maximum Gasteiger partial charge on any atom is 0.332 e. The van der Waals surface area contributed by atoms with Crippen molar-refractivity contribution >= 4 is 23.8 Å². The topological polar surface area (TPSA) is 61.1 Å². The molecule has 0 aliphatic rings. The Morgan fingerprint density at radius 3 is 2.67 bits per heavy atom. The van der Waals surface area contributed by atoms with Crippen molar-refractivity contribution in [1.82, 2.24) is 0 Å². The van der Waals surface area contributed by atoms with Crippen LogP contribution in [0.2, 0.25) is 0 Å². The molecule has 1 aromatic carbocycles. The van der Waals surface area contributed by atoms with Crippen LogP contribution in [0.4, 0.5) is 0 Å². The Morgan fingerprint density at radius 2 is 2.13 bits per heavy atom. The summed E-state index contributed by atoms with van der Waals surface area (Å²) in [5.74, 6) is -0.789. The molecule has 0 spiro atoms. The fourth-order valence-corrected chi connectivity index (χ4v) is 1.45. The first-order valence-corrected chi connectivity index (χ1v) is 5.22. The quantitative estimate of drug-likeness (QED) is 0.623. The molecule has 76 valence electrons. The van der Waals surface area contributed by atoms with E-state index in [0.29, 0.717) is 0 Å². The van der Waals surface area contributed by atoms with Gasteiger partial charge in [0.2, 0.25) is 0 Å². The summed E-state index contributed by atoms with van der Waals surface area (Å²) >= 11 is 0.920. The first kappa shape index (κ1) is 11.3. The van der Waals surface area contributed by atoms with Gasteiger partial charge in [-0.05, 0) is 23.4 Å². The molecule has 0 saturated carbocycles. The second-order valence-electron chi connectivity index (χ2n) is 2.77. The number of nitrogens with zero attached hydrogens (tertiary/aromatic N) is 1. The average Bonchev–Trinajstić information content (AvgIpc) is 2.25. The lowest BCUT2D eigenvalue weighted by Crippen LogP contribution is -2.02. The van der Waals surface area contributed by atoms with Crippen molar-refractivity contribution in [2.75, 3.05) is 5.75 Å². The predicted octanol–water partition coefficient (Wildman–Crippen LogP) is 2.37. The maximum atomic E-state index is 10.8. The van der Waals surface area contributed by atoms with Gasteiger partial charge in [-0.1, -0.05) is 30.3 Å². The van der Waals surface area contributed by atoms with Crippen LogP contribution in [-0.2, 0) is 4.79 Å². The summed E-state index contributed by atoms with van der Waals surface area (Å²) in [6.45, 7) is 0. The number of hydrogen-bond acceptors (Lipinski definition) is 3. The molecule has 0 bridgehead atoms. The van der Waals surface area contributed by atoms with E-state index in [1.807, 2.05) is 35.7 Å². The molecule has 15 heavy (non-hydrogen) atoms. The highest BCUT2D eigenvalue weighted by molar-refractivity contribution is 8.03. The number of thiocyanates is 1. The number of thioether (sulfide) groups is 1. The highest BCUT2D eigenvalue weighted by Crippen LogP contribution is 2.11. The van der Waals surface area contributed by atoms with Crippen LogP contribution < -0.4 is 0 Å². The zero-order chi connectivity index (χ0) is 11.1. The van der Waals surface area contributed by atoms with E-state index < -0.39 is 5.97 Å². The van der Waals surface area contributed by atoms with Crippen molar-refractivity contribution in [3.05, 3.63) is 41.5 Å². The molecule has 3 nitrogen and oxygen atoms in total. The molecule has 4 heteroatoms. The smallest absolute Gasteiger partial charge is 0.332 e. The monoisotopic (exact) mass is 219 g/mol. The number of hydrogen-bond donors (Lipinski definition) is 1. The third kappa shape index (κ3) is 3.88. The summed E-state index contributed by atoms with van der Waals surface area (Å²) in [5.41, 5.74) is 1.06. The molecule has 0 unspecified atom stereocenters. The summed E-state index contributed by atoms with van der Waals surface area (Å²) in [7, 11) is 0. The van der Waals surface area contributed by atoms with Crippen molar-refractivity contribution in [3.8, 4) is 5.40 Å². The maximum absolute atomic E-state index is 10.8. The summed E-state index contributed by atoms with van der Waals surface area (Å²) < 4.78 is 0. The van der Waals surface area contributed by atoms with Crippen molar-refractivity contribution in [1.29, 1.82) is 5.26 Å². The Kier molecular flexibility index (Phi) is 4.45. The van der Waals surface area contributed by atoms with E-state index in [1.54, 1.807) is 6.08 Å². The van der Waals surface area contributed by atoms with Crippen LogP contribution in [0.3, 0.4) is 0 Å². The normalized spacial score (nSPS) is 10.7. The molecule has 0 heterocycles. The number of carbonyl (C=O) groups is 1. The minimum absolute atomic E-state index is 0.195. The molecular formula is C11H9NO2S. The van der Waals surface area contributed by atoms with E-state index in [9.17, 15) is 4.79 Å². The van der Waals surface area contributed by atoms with E-state index in [-0.39, 0.29) is 11.3 Å². The van der Waals surface area contributed by atoms with E-state index in [0.717, 1.165) is 17.3 Å².